The van der Waals surface area contributed by atoms with Gasteiger partial charge in [0.2, 0.25) is 0 Å². The molecule has 0 unspecified atom stereocenters. The van der Waals surface area contributed by atoms with Crippen LogP contribution < -0.4 is 15.4 Å². The molecule has 0 saturated carbocycles. The first-order valence-electron chi connectivity index (χ1n) is 6.77. The summed E-state index contributed by atoms with van der Waals surface area (Å²) in [5, 5.41) is 4.86. The number of amides is 2. The molecule has 0 bridgehead atoms. The second kappa shape index (κ2) is 7.74. The van der Waals surface area contributed by atoms with Crippen LogP contribution in [0.5, 0.6) is 5.75 Å². The van der Waals surface area contributed by atoms with Crippen molar-refractivity contribution in [3.63, 3.8) is 0 Å². The molecule has 0 aromatic heterocycles. The summed E-state index contributed by atoms with van der Waals surface area (Å²) in [7, 11) is 1.45. The van der Waals surface area contributed by atoms with Crippen molar-refractivity contribution in [2.24, 2.45) is 0 Å². The molecule has 0 heterocycles. The third kappa shape index (κ3) is 4.42. The largest absolute Gasteiger partial charge is 0.495 e. The number of ether oxygens (including phenoxy) is 1. The van der Waals surface area contributed by atoms with E-state index in [0.29, 0.717) is 17.5 Å². The number of carbonyl (C=O) groups is 2. The van der Waals surface area contributed by atoms with E-state index < -0.39 is 23.4 Å². The quantitative estimate of drug-likeness (QED) is 0.830. The van der Waals surface area contributed by atoms with E-state index in [-0.39, 0.29) is 17.1 Å². The molecule has 2 aromatic rings. The Morgan fingerprint density at radius 1 is 1.12 bits per heavy atom. The molecule has 2 aromatic carbocycles. The summed E-state index contributed by atoms with van der Waals surface area (Å²) >= 11 is 5.91. The van der Waals surface area contributed by atoms with Crippen molar-refractivity contribution in [2.75, 3.05) is 12.4 Å². The molecule has 0 atom stereocenters. The maximum Gasteiger partial charge on any atom is 0.313 e. The van der Waals surface area contributed by atoms with Gasteiger partial charge in [-0.3, -0.25) is 9.59 Å². The summed E-state index contributed by atoms with van der Waals surface area (Å²) in [6, 6.07) is 7.40. The lowest BCUT2D eigenvalue weighted by atomic mass is 10.2. The molecule has 5 nitrogen and oxygen atoms in total. The molecular formula is C16H13ClF2N2O3. The fourth-order valence-corrected chi connectivity index (χ4v) is 2.11. The van der Waals surface area contributed by atoms with Gasteiger partial charge in [-0.15, -0.1) is 0 Å². The van der Waals surface area contributed by atoms with E-state index in [4.69, 9.17) is 16.3 Å². The predicted molar refractivity (Wildman–Crippen MR) is 84.8 cm³/mol. The van der Waals surface area contributed by atoms with Crippen LogP contribution >= 0.6 is 11.6 Å². The first-order chi connectivity index (χ1) is 11.4. The van der Waals surface area contributed by atoms with Crippen molar-refractivity contribution < 1.29 is 23.1 Å². The fraction of sp³-hybridized carbons (Fsp3) is 0.125. The molecule has 0 saturated heterocycles. The smallest absolute Gasteiger partial charge is 0.313 e. The van der Waals surface area contributed by atoms with Crippen LogP contribution in [0.15, 0.2) is 36.4 Å². The van der Waals surface area contributed by atoms with E-state index in [1.807, 2.05) is 0 Å². The SMILES string of the molecule is COc1ccc(NC(=O)C(=O)NCc2ccc(F)cc2F)cc1Cl. The molecule has 2 rings (SSSR count). The summed E-state index contributed by atoms with van der Waals surface area (Å²) in [6.07, 6.45) is 0. The van der Waals surface area contributed by atoms with E-state index in [1.165, 1.54) is 31.4 Å². The van der Waals surface area contributed by atoms with Gasteiger partial charge in [0.15, 0.2) is 0 Å². The van der Waals surface area contributed by atoms with Crippen LogP contribution in [0.3, 0.4) is 0 Å². The minimum absolute atomic E-state index is 0.0602. The zero-order valence-corrected chi connectivity index (χ0v) is 13.3. The highest BCUT2D eigenvalue weighted by Gasteiger charge is 2.15. The summed E-state index contributed by atoms with van der Waals surface area (Å²) in [6.45, 7) is -0.248. The van der Waals surface area contributed by atoms with Crippen LogP contribution in [0, 0.1) is 11.6 Å². The van der Waals surface area contributed by atoms with Gasteiger partial charge in [-0.2, -0.15) is 0 Å². The third-order valence-corrected chi connectivity index (χ3v) is 3.37. The van der Waals surface area contributed by atoms with Gasteiger partial charge in [0, 0.05) is 23.9 Å². The van der Waals surface area contributed by atoms with E-state index in [0.717, 1.165) is 6.07 Å². The van der Waals surface area contributed by atoms with Crippen molar-refractivity contribution in [1.29, 1.82) is 0 Å². The van der Waals surface area contributed by atoms with Gasteiger partial charge in [-0.05, 0) is 24.3 Å². The topological polar surface area (TPSA) is 67.4 Å². The third-order valence-electron chi connectivity index (χ3n) is 3.07. The van der Waals surface area contributed by atoms with Gasteiger partial charge in [-0.25, -0.2) is 8.78 Å². The summed E-state index contributed by atoms with van der Waals surface area (Å²) in [5.41, 5.74) is 0.360. The lowest BCUT2D eigenvalue weighted by molar-refractivity contribution is -0.136. The van der Waals surface area contributed by atoms with Crippen LogP contribution in [-0.4, -0.2) is 18.9 Å². The zero-order chi connectivity index (χ0) is 17.7. The highest BCUT2D eigenvalue weighted by Crippen LogP contribution is 2.27. The van der Waals surface area contributed by atoms with Gasteiger partial charge in [-0.1, -0.05) is 17.7 Å². The average Bonchev–Trinajstić information content (AvgIpc) is 2.54. The Kier molecular flexibility index (Phi) is 5.70. The Balaban J connectivity index is 1.94. The monoisotopic (exact) mass is 354 g/mol. The number of methoxy groups -OCH3 is 1. The second-order valence-electron chi connectivity index (χ2n) is 4.72. The highest BCUT2D eigenvalue weighted by atomic mass is 35.5. The lowest BCUT2D eigenvalue weighted by Crippen LogP contribution is -2.35. The minimum Gasteiger partial charge on any atom is -0.495 e. The normalized spacial score (nSPS) is 10.2. The molecule has 126 valence electrons. The molecule has 2 N–H and O–H groups in total. The molecule has 0 aliphatic rings. The van der Waals surface area contributed by atoms with Crippen LogP contribution in [0.1, 0.15) is 5.56 Å². The van der Waals surface area contributed by atoms with Crippen molar-refractivity contribution in [1.82, 2.24) is 5.32 Å². The van der Waals surface area contributed by atoms with E-state index in [9.17, 15) is 18.4 Å². The van der Waals surface area contributed by atoms with E-state index >= 15 is 0 Å². The van der Waals surface area contributed by atoms with Crippen LogP contribution in [0.4, 0.5) is 14.5 Å². The molecule has 0 fully saturated rings. The van der Waals surface area contributed by atoms with E-state index in [2.05, 4.69) is 10.6 Å². The molecule has 0 aliphatic heterocycles. The summed E-state index contributed by atoms with van der Waals surface area (Å²) in [5.74, 6) is -3.02. The predicted octanol–water partition coefficient (Wildman–Crippen LogP) is 2.88. The highest BCUT2D eigenvalue weighted by molar-refractivity contribution is 6.39. The minimum atomic E-state index is -0.967. The maximum absolute atomic E-state index is 13.4. The van der Waals surface area contributed by atoms with Gasteiger partial charge in [0.25, 0.3) is 0 Å². The molecule has 0 radical (unpaired) electrons. The van der Waals surface area contributed by atoms with Crippen molar-refractivity contribution in [3.8, 4) is 5.75 Å². The number of nitrogens with one attached hydrogen (secondary N) is 2. The number of benzene rings is 2. The lowest BCUT2D eigenvalue weighted by Gasteiger charge is -2.09. The molecule has 8 heteroatoms. The number of anilines is 1. The number of hydrogen-bond acceptors (Lipinski definition) is 3. The number of rotatable bonds is 4. The maximum atomic E-state index is 13.4. The molecule has 0 spiro atoms. The van der Waals surface area contributed by atoms with Crippen molar-refractivity contribution >= 4 is 29.1 Å². The molecule has 0 aliphatic carbocycles. The van der Waals surface area contributed by atoms with Crippen molar-refractivity contribution in [3.05, 3.63) is 58.6 Å². The standard InChI is InChI=1S/C16H13ClF2N2O3/c1-24-14-5-4-11(7-12(14)17)21-16(23)15(22)20-8-9-2-3-10(18)6-13(9)19/h2-7H,8H2,1H3,(H,20,22)(H,21,23). The number of halogens is 3. The van der Waals surface area contributed by atoms with Crippen molar-refractivity contribution in [2.45, 2.75) is 6.54 Å². The van der Waals surface area contributed by atoms with Gasteiger partial charge in [0.05, 0.1) is 12.1 Å². The summed E-state index contributed by atoms with van der Waals surface area (Å²) in [4.78, 5) is 23.5. The van der Waals surface area contributed by atoms with Crippen LogP contribution in [0.25, 0.3) is 0 Å². The van der Waals surface area contributed by atoms with E-state index in [1.54, 1.807) is 0 Å². The second-order valence-corrected chi connectivity index (χ2v) is 5.13. The summed E-state index contributed by atoms with van der Waals surface area (Å²) < 4.78 is 31.2. The first kappa shape index (κ1) is 17.7. The fourth-order valence-electron chi connectivity index (χ4n) is 1.85. The number of hydrogen-bond donors (Lipinski definition) is 2. The Hall–Kier alpha value is -2.67. The zero-order valence-electron chi connectivity index (χ0n) is 12.5. The van der Waals surface area contributed by atoms with Crippen LogP contribution in [0.2, 0.25) is 5.02 Å². The number of carbonyl (C=O) groups excluding carboxylic acids is 2. The molecule has 2 amide bonds. The molecular weight excluding hydrogens is 342 g/mol. The molecule has 24 heavy (non-hydrogen) atoms. The first-order valence-corrected chi connectivity index (χ1v) is 7.15. The van der Waals surface area contributed by atoms with Crippen LogP contribution in [-0.2, 0) is 16.1 Å². The Labute approximate surface area is 141 Å². The average molecular weight is 355 g/mol. The van der Waals surface area contributed by atoms with Gasteiger partial charge < -0.3 is 15.4 Å². The Morgan fingerprint density at radius 3 is 2.50 bits per heavy atom. The van der Waals surface area contributed by atoms with Gasteiger partial charge >= 0.3 is 11.8 Å². The Morgan fingerprint density at radius 2 is 1.88 bits per heavy atom. The Bertz CT molecular complexity index is 784. The van der Waals surface area contributed by atoms with Gasteiger partial charge in [0.1, 0.15) is 17.4 Å².